The number of anilines is 1. The van der Waals surface area contributed by atoms with Crippen LogP contribution in [0.2, 0.25) is 0 Å². The van der Waals surface area contributed by atoms with Crippen LogP contribution in [0, 0.1) is 0 Å². The maximum Gasteiger partial charge on any atom is 0.256 e. The van der Waals surface area contributed by atoms with Gasteiger partial charge in [-0.25, -0.2) is 14.4 Å². The number of amides is 1. The van der Waals surface area contributed by atoms with E-state index in [4.69, 9.17) is 18.9 Å². The van der Waals surface area contributed by atoms with Crippen LogP contribution >= 0.6 is 11.3 Å². The molecular weight excluding hydrogens is 658 g/mol. The van der Waals surface area contributed by atoms with Crippen molar-refractivity contribution in [3.63, 3.8) is 0 Å². The van der Waals surface area contributed by atoms with E-state index >= 15 is 4.39 Å². The highest BCUT2D eigenvalue weighted by molar-refractivity contribution is 7.18. The van der Waals surface area contributed by atoms with Crippen molar-refractivity contribution in [3.8, 4) is 11.5 Å². The molecule has 0 spiro atoms. The van der Waals surface area contributed by atoms with Gasteiger partial charge in [0.05, 0.1) is 31.0 Å². The zero-order chi connectivity index (χ0) is 34.7. The molecule has 0 saturated carbocycles. The number of thiophene rings is 1. The number of nitrogens with one attached hydrogen (secondary N) is 1. The molecule has 0 unspecified atom stereocenters. The number of carbonyl (C=O) groups is 1. The summed E-state index contributed by atoms with van der Waals surface area (Å²) < 4.78 is 40.6. The fourth-order valence-corrected chi connectivity index (χ4v) is 7.31. The standard InChI is InChI=1S/C39H34FN3O6S/c1-46-28-17-13-26(14-18-28)39(25-11-7-4-8-12-25,27-15-19-29(47-2)20-16-27)48-21-31-34(44)32(40)35(49-31)30-22-50-36-33(30)41-23-42-37(36)43-38(45)24-9-5-3-6-10-24/h3-20,22-23,31-32,34-35,44H,21H2,1-2H3,(H,41,42,43,45)/t31-,32-,34-,35+/m1/s1. The van der Waals surface area contributed by atoms with Crippen molar-refractivity contribution in [2.45, 2.75) is 30.1 Å². The van der Waals surface area contributed by atoms with Gasteiger partial charge in [0.2, 0.25) is 0 Å². The Hall–Kier alpha value is -5.20. The Labute approximate surface area is 292 Å². The smallest absolute Gasteiger partial charge is 0.256 e. The van der Waals surface area contributed by atoms with Crippen molar-refractivity contribution >= 4 is 33.3 Å². The molecule has 3 heterocycles. The fraction of sp³-hybridized carbons (Fsp3) is 0.205. The van der Waals surface area contributed by atoms with Gasteiger partial charge in [0, 0.05) is 11.1 Å². The first-order valence-corrected chi connectivity index (χ1v) is 16.9. The van der Waals surface area contributed by atoms with Gasteiger partial charge >= 0.3 is 0 Å². The molecule has 9 nitrogen and oxygen atoms in total. The lowest BCUT2D eigenvalue weighted by molar-refractivity contribution is -0.0826. The van der Waals surface area contributed by atoms with E-state index in [0.29, 0.717) is 38.7 Å². The number of aliphatic hydroxyl groups excluding tert-OH is 1. The summed E-state index contributed by atoms with van der Waals surface area (Å²) in [6.45, 7) is -0.152. The lowest BCUT2D eigenvalue weighted by atomic mass is 9.80. The predicted octanol–water partition coefficient (Wildman–Crippen LogP) is 7.11. The number of ether oxygens (including phenoxy) is 4. The first-order chi connectivity index (χ1) is 24.4. The number of carbonyl (C=O) groups excluding carboxylic acids is 1. The van der Waals surface area contributed by atoms with E-state index in [1.54, 1.807) is 43.9 Å². The molecule has 4 atom stereocenters. The number of aliphatic hydroxyl groups is 1. The summed E-state index contributed by atoms with van der Waals surface area (Å²) >= 11 is 1.26. The molecule has 7 rings (SSSR count). The molecule has 1 aliphatic heterocycles. The van der Waals surface area contributed by atoms with Gasteiger partial charge in [-0.15, -0.1) is 11.3 Å². The Morgan fingerprint density at radius 3 is 2.04 bits per heavy atom. The molecule has 6 aromatic rings. The number of hydrogen-bond donors (Lipinski definition) is 2. The van der Waals surface area contributed by atoms with Crippen molar-refractivity contribution in [1.29, 1.82) is 0 Å². The molecule has 11 heteroatoms. The van der Waals surface area contributed by atoms with E-state index < -0.39 is 30.1 Å². The van der Waals surface area contributed by atoms with Gasteiger partial charge in [0.15, 0.2) is 12.0 Å². The molecule has 0 aliphatic carbocycles. The second-order valence-electron chi connectivity index (χ2n) is 11.8. The minimum atomic E-state index is -1.77. The Kier molecular flexibility index (Phi) is 9.55. The number of rotatable bonds is 11. The minimum Gasteiger partial charge on any atom is -0.497 e. The Morgan fingerprint density at radius 1 is 0.860 bits per heavy atom. The third-order valence-electron chi connectivity index (χ3n) is 8.91. The zero-order valence-electron chi connectivity index (χ0n) is 27.2. The number of methoxy groups -OCH3 is 2. The molecule has 254 valence electrons. The van der Waals surface area contributed by atoms with Crippen LogP contribution in [0.5, 0.6) is 11.5 Å². The number of benzene rings is 4. The lowest BCUT2D eigenvalue weighted by Crippen LogP contribution is -2.39. The summed E-state index contributed by atoms with van der Waals surface area (Å²) in [4.78, 5) is 21.6. The van der Waals surface area contributed by atoms with Gasteiger partial charge in [0.25, 0.3) is 5.91 Å². The van der Waals surface area contributed by atoms with Crippen LogP contribution < -0.4 is 14.8 Å². The number of aromatic nitrogens is 2. The predicted molar refractivity (Wildman–Crippen MR) is 189 cm³/mol. The summed E-state index contributed by atoms with van der Waals surface area (Å²) in [5.74, 6) is 1.33. The van der Waals surface area contributed by atoms with Crippen LogP contribution in [-0.2, 0) is 15.1 Å². The molecule has 50 heavy (non-hydrogen) atoms. The highest BCUT2D eigenvalue weighted by Crippen LogP contribution is 2.45. The molecule has 0 bridgehead atoms. The van der Waals surface area contributed by atoms with E-state index in [1.165, 1.54) is 17.7 Å². The van der Waals surface area contributed by atoms with Crippen LogP contribution in [0.4, 0.5) is 10.2 Å². The second-order valence-corrected chi connectivity index (χ2v) is 12.6. The Balaban J connectivity index is 1.20. The molecule has 1 aliphatic rings. The molecule has 4 aromatic carbocycles. The van der Waals surface area contributed by atoms with Crippen LogP contribution in [0.1, 0.15) is 38.7 Å². The van der Waals surface area contributed by atoms with E-state index in [2.05, 4.69) is 15.3 Å². The van der Waals surface area contributed by atoms with Crippen molar-refractivity contribution in [1.82, 2.24) is 9.97 Å². The Morgan fingerprint density at radius 2 is 1.44 bits per heavy atom. The number of halogens is 1. The number of alkyl halides is 1. The average Bonchev–Trinajstić information content (AvgIpc) is 3.73. The van der Waals surface area contributed by atoms with E-state index in [1.807, 2.05) is 84.9 Å². The molecule has 1 saturated heterocycles. The first-order valence-electron chi connectivity index (χ1n) is 16.0. The third-order valence-corrected chi connectivity index (χ3v) is 9.90. The van der Waals surface area contributed by atoms with Crippen molar-refractivity contribution in [2.75, 3.05) is 26.1 Å². The van der Waals surface area contributed by atoms with Gasteiger partial charge in [-0.2, -0.15) is 0 Å². The van der Waals surface area contributed by atoms with Crippen LogP contribution in [0.15, 0.2) is 121 Å². The average molecular weight is 692 g/mol. The molecular formula is C39H34FN3O6S. The number of hydrogen-bond acceptors (Lipinski definition) is 9. The Bertz CT molecular complexity index is 2010. The quantitative estimate of drug-likeness (QED) is 0.138. The van der Waals surface area contributed by atoms with Gasteiger partial charge < -0.3 is 29.4 Å². The van der Waals surface area contributed by atoms with Gasteiger partial charge in [-0.3, -0.25) is 4.79 Å². The first kappa shape index (κ1) is 33.3. The third kappa shape index (κ3) is 6.20. The molecule has 1 fully saturated rings. The molecule has 2 aromatic heterocycles. The second kappa shape index (κ2) is 14.3. The van der Waals surface area contributed by atoms with Crippen LogP contribution in [0.3, 0.4) is 0 Å². The van der Waals surface area contributed by atoms with E-state index in [0.717, 1.165) is 16.7 Å². The SMILES string of the molecule is COc1ccc(C(OC[C@H]2O[C@@H](c3csc4c(NC(=O)c5ccccc5)ncnc34)[C@H](F)[C@@H]2O)(c2ccccc2)c2ccc(OC)cc2)cc1. The highest BCUT2D eigenvalue weighted by Gasteiger charge is 2.48. The van der Waals surface area contributed by atoms with Crippen LogP contribution in [0.25, 0.3) is 10.2 Å². The van der Waals surface area contributed by atoms with Crippen molar-refractivity contribution in [2.24, 2.45) is 0 Å². The topological polar surface area (TPSA) is 112 Å². The summed E-state index contributed by atoms with van der Waals surface area (Å²) in [5, 5.41) is 15.8. The normalized spacial score (nSPS) is 19.0. The van der Waals surface area contributed by atoms with Gasteiger partial charge in [-0.05, 0) is 58.5 Å². The maximum atomic E-state index is 16.0. The van der Waals surface area contributed by atoms with Crippen LogP contribution in [-0.4, -0.2) is 60.2 Å². The minimum absolute atomic E-state index is 0.152. The monoisotopic (exact) mass is 691 g/mol. The molecule has 2 N–H and O–H groups in total. The van der Waals surface area contributed by atoms with E-state index in [-0.39, 0.29) is 12.5 Å². The summed E-state index contributed by atoms with van der Waals surface area (Å²) in [7, 11) is 3.21. The summed E-state index contributed by atoms with van der Waals surface area (Å²) in [5.41, 5.74) is 2.59. The molecule has 1 amide bonds. The van der Waals surface area contributed by atoms with Crippen molar-refractivity contribution < 1.29 is 33.2 Å². The van der Waals surface area contributed by atoms with E-state index in [9.17, 15) is 9.90 Å². The summed E-state index contributed by atoms with van der Waals surface area (Å²) in [6.07, 6.45) is -4.10. The lowest BCUT2D eigenvalue weighted by Gasteiger charge is -2.37. The van der Waals surface area contributed by atoms with Gasteiger partial charge in [-0.1, -0.05) is 72.8 Å². The fourth-order valence-electron chi connectivity index (χ4n) is 6.32. The van der Waals surface area contributed by atoms with Gasteiger partial charge in [0.1, 0.15) is 41.7 Å². The maximum absolute atomic E-state index is 16.0. The molecule has 0 radical (unpaired) electrons. The van der Waals surface area contributed by atoms with Crippen molar-refractivity contribution in [3.05, 3.63) is 149 Å². The number of fused-ring (bicyclic) bond motifs is 1. The highest BCUT2D eigenvalue weighted by atomic mass is 32.1. The number of nitrogens with zero attached hydrogens (tertiary/aromatic N) is 2. The largest absolute Gasteiger partial charge is 0.497 e. The summed E-state index contributed by atoms with van der Waals surface area (Å²) in [6, 6.07) is 33.6. The zero-order valence-corrected chi connectivity index (χ0v) is 28.0.